The third-order valence-electron chi connectivity index (χ3n) is 3.36. The summed E-state index contributed by atoms with van der Waals surface area (Å²) in [5.41, 5.74) is 1.57. The number of halogens is 2. The van der Waals surface area contributed by atoms with E-state index in [0.717, 1.165) is 11.3 Å². The van der Waals surface area contributed by atoms with Gasteiger partial charge in [0.05, 0.1) is 28.0 Å². The van der Waals surface area contributed by atoms with Crippen molar-refractivity contribution in [3.63, 3.8) is 0 Å². The van der Waals surface area contributed by atoms with E-state index in [4.69, 9.17) is 27.6 Å². The van der Waals surface area contributed by atoms with Crippen LogP contribution in [0.15, 0.2) is 50.2 Å². The smallest absolute Gasteiger partial charge is 0.400 e. The first kappa shape index (κ1) is 19.3. The van der Waals surface area contributed by atoms with Gasteiger partial charge >= 0.3 is 5.88 Å². The van der Waals surface area contributed by atoms with Crippen LogP contribution < -0.4 is 4.80 Å². The van der Waals surface area contributed by atoms with Crippen LogP contribution in [-0.2, 0) is 0 Å². The molecule has 7 nitrogen and oxygen atoms in total. The molecule has 1 aromatic carbocycles. The summed E-state index contributed by atoms with van der Waals surface area (Å²) in [6.45, 7) is 3.92. The van der Waals surface area contributed by atoms with Crippen LogP contribution in [0.1, 0.15) is 19.6 Å². The van der Waals surface area contributed by atoms with Gasteiger partial charge in [-0.15, -0.1) is 11.3 Å². The molecule has 0 N–H and O–H groups in total. The van der Waals surface area contributed by atoms with Crippen LogP contribution in [-0.4, -0.2) is 21.9 Å². The van der Waals surface area contributed by atoms with Crippen LogP contribution in [0.5, 0.6) is 0 Å². The Morgan fingerprint density at radius 3 is 2.67 bits per heavy atom. The fourth-order valence-electron chi connectivity index (χ4n) is 2.20. The molecule has 0 bridgehead atoms. The molecule has 2 aromatic heterocycles. The summed E-state index contributed by atoms with van der Waals surface area (Å²) in [6, 6.07) is 8.11. The quantitative estimate of drug-likeness (QED) is 0.319. The van der Waals surface area contributed by atoms with Gasteiger partial charge in [-0.05, 0) is 32.0 Å². The molecule has 0 fully saturated rings. The van der Waals surface area contributed by atoms with Crippen molar-refractivity contribution in [2.45, 2.75) is 19.9 Å². The molecule has 0 aliphatic heterocycles. The average Bonchev–Trinajstić information content (AvgIpc) is 3.22. The van der Waals surface area contributed by atoms with Gasteiger partial charge < -0.3 is 4.42 Å². The molecule has 0 atom stereocenters. The second kappa shape index (κ2) is 8.08. The molecule has 0 spiro atoms. The lowest BCUT2D eigenvalue weighted by molar-refractivity contribution is -0.402. The van der Waals surface area contributed by atoms with Gasteiger partial charge in [-0.2, -0.15) is 5.10 Å². The Hall–Kier alpha value is -2.42. The van der Waals surface area contributed by atoms with Crippen LogP contribution >= 0.6 is 34.5 Å². The minimum Gasteiger partial charge on any atom is -0.400 e. The van der Waals surface area contributed by atoms with E-state index >= 15 is 0 Å². The van der Waals surface area contributed by atoms with Gasteiger partial charge in [0.2, 0.25) is 4.80 Å². The summed E-state index contributed by atoms with van der Waals surface area (Å²) >= 11 is 13.6. The molecule has 10 heteroatoms. The van der Waals surface area contributed by atoms with Gasteiger partial charge in [-0.1, -0.05) is 29.3 Å². The lowest BCUT2D eigenvalue weighted by Gasteiger charge is -2.05. The molecule has 0 amide bonds. The van der Waals surface area contributed by atoms with E-state index in [2.05, 4.69) is 10.1 Å². The normalized spacial score (nSPS) is 12.4. The van der Waals surface area contributed by atoms with E-state index in [-0.39, 0.29) is 17.7 Å². The SMILES string of the molecule is CC(C)N=c1scc(-c2ccc(Cl)c(Cl)c2)n1N=Cc1ccc([N+](=O)[O-])o1. The van der Waals surface area contributed by atoms with Crippen LogP contribution in [0.3, 0.4) is 0 Å². The zero-order chi connectivity index (χ0) is 19.6. The number of hydrogen-bond acceptors (Lipinski definition) is 6. The molecule has 27 heavy (non-hydrogen) atoms. The van der Waals surface area contributed by atoms with Crippen molar-refractivity contribution in [2.24, 2.45) is 10.1 Å². The van der Waals surface area contributed by atoms with Crippen molar-refractivity contribution in [3.8, 4) is 11.3 Å². The van der Waals surface area contributed by atoms with Gasteiger partial charge in [-0.3, -0.25) is 15.1 Å². The van der Waals surface area contributed by atoms with E-state index in [0.29, 0.717) is 14.8 Å². The highest BCUT2D eigenvalue weighted by atomic mass is 35.5. The van der Waals surface area contributed by atoms with E-state index in [1.54, 1.807) is 16.8 Å². The van der Waals surface area contributed by atoms with Crippen LogP contribution in [0.4, 0.5) is 5.88 Å². The number of hydrogen-bond donors (Lipinski definition) is 0. The van der Waals surface area contributed by atoms with Gasteiger partial charge in [0.1, 0.15) is 4.92 Å². The first-order chi connectivity index (χ1) is 12.8. The van der Waals surface area contributed by atoms with Crippen molar-refractivity contribution >= 4 is 46.6 Å². The Morgan fingerprint density at radius 1 is 1.26 bits per heavy atom. The maximum Gasteiger partial charge on any atom is 0.433 e. The van der Waals surface area contributed by atoms with Gasteiger partial charge in [-0.25, -0.2) is 4.68 Å². The second-order valence-electron chi connectivity index (χ2n) is 5.74. The lowest BCUT2D eigenvalue weighted by atomic mass is 10.2. The number of furan rings is 1. The number of nitrogens with zero attached hydrogens (tertiary/aromatic N) is 4. The van der Waals surface area contributed by atoms with Gasteiger partial charge in [0.25, 0.3) is 0 Å². The maximum absolute atomic E-state index is 10.7. The molecule has 0 saturated carbocycles. The van der Waals surface area contributed by atoms with Crippen molar-refractivity contribution < 1.29 is 9.34 Å². The third kappa shape index (κ3) is 4.47. The van der Waals surface area contributed by atoms with Crippen molar-refractivity contribution in [1.82, 2.24) is 4.68 Å². The highest BCUT2D eigenvalue weighted by molar-refractivity contribution is 7.07. The average molecular weight is 425 g/mol. The minimum atomic E-state index is -0.601. The second-order valence-corrected chi connectivity index (χ2v) is 7.40. The van der Waals surface area contributed by atoms with E-state index in [1.807, 2.05) is 25.3 Å². The summed E-state index contributed by atoms with van der Waals surface area (Å²) in [4.78, 5) is 15.4. The highest BCUT2D eigenvalue weighted by Crippen LogP contribution is 2.29. The number of benzene rings is 1. The first-order valence-corrected chi connectivity index (χ1v) is 9.47. The number of rotatable bonds is 5. The van der Waals surface area contributed by atoms with Crippen molar-refractivity contribution in [1.29, 1.82) is 0 Å². The maximum atomic E-state index is 10.7. The summed E-state index contributed by atoms with van der Waals surface area (Å²) in [5.74, 6) is -0.0837. The molecular weight excluding hydrogens is 411 g/mol. The molecular formula is C17H14Cl2N4O3S. The van der Waals surface area contributed by atoms with Crippen LogP contribution in [0.25, 0.3) is 11.3 Å². The monoisotopic (exact) mass is 424 g/mol. The number of nitro groups is 1. The minimum absolute atomic E-state index is 0.0662. The Kier molecular flexibility index (Phi) is 5.79. The first-order valence-electron chi connectivity index (χ1n) is 7.83. The fourth-order valence-corrected chi connectivity index (χ4v) is 3.47. The molecule has 3 rings (SSSR count). The largest absolute Gasteiger partial charge is 0.433 e. The van der Waals surface area contributed by atoms with E-state index in [9.17, 15) is 10.1 Å². The molecule has 0 unspecified atom stereocenters. The summed E-state index contributed by atoms with van der Waals surface area (Å²) in [6.07, 6.45) is 1.40. The topological polar surface area (TPSA) is 85.9 Å². The predicted octanol–water partition coefficient (Wildman–Crippen LogP) is 5.22. The molecule has 0 saturated heterocycles. The Bertz CT molecular complexity index is 1080. The molecule has 0 aliphatic carbocycles. The Labute approximate surface area is 168 Å². The summed E-state index contributed by atoms with van der Waals surface area (Å²) in [7, 11) is 0. The fraction of sp³-hybridized carbons (Fsp3) is 0.176. The van der Waals surface area contributed by atoms with Crippen molar-refractivity contribution in [2.75, 3.05) is 0 Å². The molecule has 0 radical (unpaired) electrons. The number of thiazole rings is 1. The Balaban J connectivity index is 2.08. The van der Waals surface area contributed by atoms with Gasteiger partial charge in [0, 0.05) is 17.0 Å². The zero-order valence-corrected chi connectivity index (χ0v) is 16.6. The summed E-state index contributed by atoms with van der Waals surface area (Å²) < 4.78 is 6.75. The van der Waals surface area contributed by atoms with Crippen LogP contribution in [0.2, 0.25) is 10.0 Å². The zero-order valence-electron chi connectivity index (χ0n) is 14.3. The number of aromatic nitrogens is 1. The lowest BCUT2D eigenvalue weighted by Crippen LogP contribution is -2.14. The molecule has 0 aliphatic rings. The molecule has 3 aromatic rings. The third-order valence-corrected chi connectivity index (χ3v) is 4.93. The molecule has 140 valence electrons. The standard InChI is InChI=1S/C17H14Cl2N4O3S/c1-10(2)21-17-22(20-8-12-4-6-16(26-12)23(24)25)15(9-27-17)11-3-5-13(18)14(19)7-11/h3-10H,1-2H3. The van der Waals surface area contributed by atoms with E-state index < -0.39 is 4.92 Å². The van der Waals surface area contributed by atoms with Crippen molar-refractivity contribution in [3.05, 3.63) is 66.4 Å². The van der Waals surface area contributed by atoms with Gasteiger partial charge in [0.15, 0.2) is 5.76 Å². The van der Waals surface area contributed by atoms with Crippen LogP contribution in [0, 0.1) is 10.1 Å². The highest BCUT2D eigenvalue weighted by Gasteiger charge is 2.12. The van der Waals surface area contributed by atoms with E-state index in [1.165, 1.54) is 29.7 Å². The predicted molar refractivity (Wildman–Crippen MR) is 107 cm³/mol. The molecule has 2 heterocycles. The summed E-state index contributed by atoms with van der Waals surface area (Å²) in [5, 5.41) is 17.9. The Morgan fingerprint density at radius 2 is 2.04 bits per heavy atom.